The van der Waals surface area contributed by atoms with Crippen molar-refractivity contribution in [3.63, 3.8) is 0 Å². The van der Waals surface area contributed by atoms with E-state index in [9.17, 15) is 4.79 Å². The van der Waals surface area contributed by atoms with Crippen LogP contribution >= 0.6 is 27.5 Å². The molecule has 5 heteroatoms. The number of nitrogens with zero attached hydrogens (tertiary/aromatic N) is 1. The average molecular weight is 333 g/mol. The molecular weight excluding hydrogens is 318 g/mol. The molecule has 1 atom stereocenters. The molecule has 1 aliphatic rings. The van der Waals surface area contributed by atoms with Gasteiger partial charge in [0.05, 0.1) is 0 Å². The predicted molar refractivity (Wildman–Crippen MR) is 75.4 cm³/mol. The van der Waals surface area contributed by atoms with Crippen molar-refractivity contribution in [3.05, 3.63) is 29.3 Å². The number of carbonyl (C=O) groups is 1. The van der Waals surface area contributed by atoms with Crippen molar-refractivity contribution in [3.8, 4) is 5.75 Å². The number of ether oxygens (including phenoxy) is 1. The standard InChI is InChI=1S/C13H15BrClNO2/c14-7-10-5-6-16(8-10)13(17)9-18-12-3-1-11(15)2-4-12/h1-4,10H,5-9H2. The second-order valence-corrected chi connectivity index (χ2v) is 5.48. The van der Waals surface area contributed by atoms with Gasteiger partial charge in [-0.3, -0.25) is 4.79 Å². The van der Waals surface area contributed by atoms with E-state index in [-0.39, 0.29) is 12.5 Å². The van der Waals surface area contributed by atoms with Crippen LogP contribution in [0.25, 0.3) is 0 Å². The zero-order chi connectivity index (χ0) is 13.0. The molecule has 1 aromatic rings. The van der Waals surface area contributed by atoms with Gasteiger partial charge in [0, 0.05) is 23.4 Å². The van der Waals surface area contributed by atoms with Crippen molar-refractivity contribution in [2.75, 3.05) is 25.0 Å². The zero-order valence-electron chi connectivity index (χ0n) is 9.94. The normalized spacial score (nSPS) is 19.0. The Kier molecular flexibility index (Phi) is 4.89. The molecule has 1 amide bonds. The van der Waals surface area contributed by atoms with Gasteiger partial charge in [0.15, 0.2) is 6.61 Å². The summed E-state index contributed by atoms with van der Waals surface area (Å²) < 4.78 is 5.44. The third kappa shape index (κ3) is 3.62. The Morgan fingerprint density at radius 2 is 2.17 bits per heavy atom. The molecule has 0 saturated carbocycles. The van der Waals surface area contributed by atoms with Crippen LogP contribution in [-0.4, -0.2) is 35.8 Å². The minimum atomic E-state index is 0.0494. The van der Waals surface area contributed by atoms with Crippen LogP contribution in [0.1, 0.15) is 6.42 Å². The summed E-state index contributed by atoms with van der Waals surface area (Å²) >= 11 is 9.23. The lowest BCUT2D eigenvalue weighted by molar-refractivity contribution is -0.132. The molecule has 0 spiro atoms. The van der Waals surface area contributed by atoms with Crippen molar-refractivity contribution >= 4 is 33.4 Å². The number of hydrogen-bond acceptors (Lipinski definition) is 2. The number of carbonyl (C=O) groups excluding carboxylic acids is 1. The SMILES string of the molecule is O=C(COc1ccc(Cl)cc1)N1CCC(CBr)C1. The van der Waals surface area contributed by atoms with Gasteiger partial charge in [-0.1, -0.05) is 27.5 Å². The molecule has 98 valence electrons. The van der Waals surface area contributed by atoms with E-state index in [4.69, 9.17) is 16.3 Å². The van der Waals surface area contributed by atoms with E-state index in [2.05, 4.69) is 15.9 Å². The molecule has 1 aromatic carbocycles. The van der Waals surface area contributed by atoms with Crippen LogP contribution in [0, 0.1) is 5.92 Å². The van der Waals surface area contributed by atoms with Gasteiger partial charge in [-0.15, -0.1) is 0 Å². The molecule has 3 nitrogen and oxygen atoms in total. The maximum absolute atomic E-state index is 11.9. The molecule has 1 saturated heterocycles. The van der Waals surface area contributed by atoms with Crippen LogP contribution in [0.4, 0.5) is 0 Å². The number of rotatable bonds is 4. The fourth-order valence-corrected chi connectivity index (χ4v) is 2.61. The summed E-state index contributed by atoms with van der Waals surface area (Å²) in [6.45, 7) is 1.75. The molecule has 1 unspecified atom stereocenters. The average Bonchev–Trinajstić information content (AvgIpc) is 2.86. The van der Waals surface area contributed by atoms with E-state index in [1.54, 1.807) is 24.3 Å². The summed E-state index contributed by atoms with van der Waals surface area (Å²) in [5.41, 5.74) is 0. The van der Waals surface area contributed by atoms with Crippen LogP contribution in [-0.2, 0) is 4.79 Å². The fourth-order valence-electron chi connectivity index (χ4n) is 1.95. The third-order valence-corrected chi connectivity index (χ3v) is 4.20. The van der Waals surface area contributed by atoms with Gasteiger partial charge in [0.1, 0.15) is 5.75 Å². The Bertz CT molecular complexity index is 410. The molecule has 1 aliphatic heterocycles. The van der Waals surface area contributed by atoms with Gasteiger partial charge in [0.25, 0.3) is 5.91 Å². The Hall–Kier alpha value is -0.740. The largest absolute Gasteiger partial charge is 0.484 e. The van der Waals surface area contributed by atoms with Gasteiger partial charge < -0.3 is 9.64 Å². The van der Waals surface area contributed by atoms with Crippen LogP contribution in [0.15, 0.2) is 24.3 Å². The summed E-state index contributed by atoms with van der Waals surface area (Å²) in [6, 6.07) is 7.03. The molecule has 0 radical (unpaired) electrons. The molecule has 0 aliphatic carbocycles. The molecule has 0 aromatic heterocycles. The first kappa shape index (κ1) is 13.7. The first-order valence-electron chi connectivity index (χ1n) is 5.91. The van der Waals surface area contributed by atoms with E-state index >= 15 is 0 Å². The van der Waals surface area contributed by atoms with Gasteiger partial charge in [-0.2, -0.15) is 0 Å². The number of halogens is 2. The van der Waals surface area contributed by atoms with E-state index in [0.717, 1.165) is 24.8 Å². The molecule has 2 rings (SSSR count). The fraction of sp³-hybridized carbons (Fsp3) is 0.462. The quantitative estimate of drug-likeness (QED) is 0.793. The van der Waals surface area contributed by atoms with E-state index < -0.39 is 0 Å². The van der Waals surface area contributed by atoms with E-state index in [1.165, 1.54) is 0 Å². The zero-order valence-corrected chi connectivity index (χ0v) is 12.3. The first-order chi connectivity index (χ1) is 8.69. The Balaban J connectivity index is 1.80. The summed E-state index contributed by atoms with van der Waals surface area (Å²) in [4.78, 5) is 13.8. The van der Waals surface area contributed by atoms with Crippen LogP contribution in [0.3, 0.4) is 0 Å². The van der Waals surface area contributed by atoms with Crippen molar-refractivity contribution in [2.45, 2.75) is 6.42 Å². The smallest absolute Gasteiger partial charge is 0.260 e. The molecule has 0 bridgehead atoms. The van der Waals surface area contributed by atoms with Crippen LogP contribution in [0.5, 0.6) is 5.75 Å². The Morgan fingerprint density at radius 1 is 1.44 bits per heavy atom. The van der Waals surface area contributed by atoms with Gasteiger partial charge in [0.2, 0.25) is 0 Å². The lowest BCUT2D eigenvalue weighted by Crippen LogP contribution is -2.33. The summed E-state index contributed by atoms with van der Waals surface area (Å²) in [6.07, 6.45) is 1.07. The highest BCUT2D eigenvalue weighted by Gasteiger charge is 2.25. The number of hydrogen-bond donors (Lipinski definition) is 0. The van der Waals surface area contributed by atoms with Crippen molar-refractivity contribution < 1.29 is 9.53 Å². The number of likely N-dealkylation sites (tertiary alicyclic amines) is 1. The molecule has 1 heterocycles. The lowest BCUT2D eigenvalue weighted by Gasteiger charge is -2.16. The number of benzene rings is 1. The molecular formula is C13H15BrClNO2. The highest BCUT2D eigenvalue weighted by atomic mass is 79.9. The van der Waals surface area contributed by atoms with Crippen LogP contribution in [0.2, 0.25) is 5.02 Å². The summed E-state index contributed by atoms with van der Waals surface area (Å²) in [5, 5.41) is 1.61. The minimum Gasteiger partial charge on any atom is -0.484 e. The Morgan fingerprint density at radius 3 is 2.78 bits per heavy atom. The second-order valence-electron chi connectivity index (χ2n) is 4.39. The monoisotopic (exact) mass is 331 g/mol. The molecule has 1 fully saturated rings. The summed E-state index contributed by atoms with van der Waals surface area (Å²) in [5.74, 6) is 1.29. The van der Waals surface area contributed by atoms with E-state index in [0.29, 0.717) is 16.7 Å². The summed E-state index contributed by atoms with van der Waals surface area (Å²) in [7, 11) is 0. The first-order valence-corrected chi connectivity index (χ1v) is 7.41. The molecule has 18 heavy (non-hydrogen) atoms. The second kappa shape index (κ2) is 6.43. The molecule has 0 N–H and O–H groups in total. The maximum Gasteiger partial charge on any atom is 0.260 e. The highest BCUT2D eigenvalue weighted by Crippen LogP contribution is 2.19. The van der Waals surface area contributed by atoms with Gasteiger partial charge >= 0.3 is 0 Å². The van der Waals surface area contributed by atoms with E-state index in [1.807, 2.05) is 4.90 Å². The topological polar surface area (TPSA) is 29.5 Å². The third-order valence-electron chi connectivity index (χ3n) is 3.03. The van der Waals surface area contributed by atoms with Crippen LogP contribution < -0.4 is 4.74 Å². The number of amides is 1. The van der Waals surface area contributed by atoms with Gasteiger partial charge in [-0.25, -0.2) is 0 Å². The predicted octanol–water partition coefficient (Wildman–Crippen LogP) is 2.96. The van der Waals surface area contributed by atoms with Crippen molar-refractivity contribution in [1.29, 1.82) is 0 Å². The minimum absolute atomic E-state index is 0.0494. The lowest BCUT2D eigenvalue weighted by atomic mass is 10.2. The maximum atomic E-state index is 11.9. The highest BCUT2D eigenvalue weighted by molar-refractivity contribution is 9.09. The van der Waals surface area contributed by atoms with Crippen molar-refractivity contribution in [2.24, 2.45) is 5.92 Å². The number of alkyl halides is 1. The Labute approximate surface area is 120 Å². The van der Waals surface area contributed by atoms with Gasteiger partial charge in [-0.05, 0) is 36.6 Å². The van der Waals surface area contributed by atoms with Crippen molar-refractivity contribution in [1.82, 2.24) is 4.90 Å².